The molecule has 2 aromatic rings. The Morgan fingerprint density at radius 2 is 1.52 bits per heavy atom. The highest BCUT2D eigenvalue weighted by molar-refractivity contribution is 6.00. The predicted molar refractivity (Wildman–Crippen MR) is 228 cm³/mol. The van der Waals surface area contributed by atoms with Gasteiger partial charge in [0.2, 0.25) is 35.4 Å². The first kappa shape index (κ1) is 49.5. The third kappa shape index (κ3) is 11.9. The van der Waals surface area contributed by atoms with Crippen LogP contribution in [-0.2, 0) is 38.3 Å². The highest BCUT2D eigenvalue weighted by Gasteiger charge is 2.45. The Labute approximate surface area is 367 Å². The van der Waals surface area contributed by atoms with Gasteiger partial charge in [0.1, 0.15) is 42.1 Å². The predicted octanol–water partition coefficient (Wildman–Crippen LogP) is 0.606. The number of aromatic nitrogens is 1. The van der Waals surface area contributed by atoms with Crippen molar-refractivity contribution in [3.63, 3.8) is 0 Å². The van der Waals surface area contributed by atoms with E-state index in [0.29, 0.717) is 5.56 Å². The van der Waals surface area contributed by atoms with E-state index in [1.807, 2.05) is 13.8 Å². The fourth-order valence-electron chi connectivity index (χ4n) is 7.82. The van der Waals surface area contributed by atoms with Crippen LogP contribution < -0.4 is 16.0 Å². The number of likely N-dealkylation sites (N-methyl/N-ethyl adjacent to an activating group) is 3. The summed E-state index contributed by atoms with van der Waals surface area (Å²) in [5.74, 6) is -7.75. The second kappa shape index (κ2) is 21.3. The molecule has 0 spiro atoms. The van der Waals surface area contributed by atoms with Crippen LogP contribution in [0.2, 0.25) is 0 Å². The zero-order chi connectivity index (χ0) is 47.0. The van der Waals surface area contributed by atoms with Crippen molar-refractivity contribution in [2.45, 2.75) is 110 Å². The van der Waals surface area contributed by atoms with Crippen LogP contribution in [0.5, 0.6) is 5.75 Å². The number of cyclic esters (lactones) is 1. The van der Waals surface area contributed by atoms with Crippen molar-refractivity contribution in [2.75, 3.05) is 34.2 Å². The highest BCUT2D eigenvalue weighted by atomic mass is 16.5. The van der Waals surface area contributed by atoms with Gasteiger partial charge in [-0.1, -0.05) is 65.0 Å². The number of fused-ring (bicyclic) bond motifs is 1. The van der Waals surface area contributed by atoms with E-state index in [1.165, 1.54) is 58.2 Å². The average molecular weight is 879 g/mol. The number of carbonyl (C=O) groups is 8. The number of esters is 1. The Hall–Kier alpha value is -6.11. The first-order valence-electron chi connectivity index (χ1n) is 21.1. The molecule has 19 heteroatoms. The molecule has 63 heavy (non-hydrogen) atoms. The van der Waals surface area contributed by atoms with Gasteiger partial charge >= 0.3 is 5.97 Å². The fourth-order valence-corrected chi connectivity index (χ4v) is 7.82. The van der Waals surface area contributed by atoms with Crippen LogP contribution in [0.25, 0.3) is 0 Å². The SMILES string of the molecule is CC(C)C[C@@H]1NC(=O)[C@@H](NC(=O)c2ncccc2O)[C@H](C)OC(=O)[C@@H](c2ccccc2)N(C)C(=O)[C@H](C)NC(=O)[C@H]([C@H](C)C(C)C)N(C)C(=O)CN(C)C(=O)[C@H]2C[C@@H](O)CN2C1=O. The molecule has 344 valence electrons. The van der Waals surface area contributed by atoms with Crippen LogP contribution in [0.1, 0.15) is 83.4 Å². The number of aliphatic hydroxyl groups excluding tert-OH is 1. The molecule has 0 radical (unpaired) electrons. The number of hydrogen-bond donors (Lipinski definition) is 5. The number of amides is 7. The summed E-state index contributed by atoms with van der Waals surface area (Å²) in [6.07, 6.45) is -1.52. The van der Waals surface area contributed by atoms with Gasteiger partial charge in [0.05, 0.1) is 12.6 Å². The number of aliphatic hydroxyl groups is 1. The molecule has 2 fully saturated rings. The van der Waals surface area contributed by atoms with Crippen LogP contribution in [0.4, 0.5) is 0 Å². The van der Waals surface area contributed by atoms with E-state index < -0.39 is 120 Å². The summed E-state index contributed by atoms with van der Waals surface area (Å²) in [4.78, 5) is 122. The number of carbonyl (C=O) groups excluding carboxylic acids is 8. The smallest absolute Gasteiger partial charge is 0.333 e. The Balaban J connectivity index is 1.86. The second-order valence-electron chi connectivity index (χ2n) is 17.3. The number of nitrogens with one attached hydrogen (secondary N) is 3. The molecule has 19 nitrogen and oxygen atoms in total. The lowest BCUT2D eigenvalue weighted by Crippen LogP contribution is -2.60. The van der Waals surface area contributed by atoms with Gasteiger partial charge in [0, 0.05) is 40.3 Å². The van der Waals surface area contributed by atoms with Gasteiger partial charge in [-0.3, -0.25) is 33.6 Å². The maximum atomic E-state index is 14.5. The minimum absolute atomic E-state index is 0.0335. The summed E-state index contributed by atoms with van der Waals surface area (Å²) in [5.41, 5.74) is -0.145. The molecule has 2 aliphatic heterocycles. The van der Waals surface area contributed by atoms with Gasteiger partial charge in [0.25, 0.3) is 5.91 Å². The topological polar surface area (TPSA) is 248 Å². The van der Waals surface area contributed by atoms with E-state index in [0.717, 1.165) is 14.7 Å². The summed E-state index contributed by atoms with van der Waals surface area (Å²) in [5, 5.41) is 29.1. The van der Waals surface area contributed by atoms with Crippen LogP contribution in [0.15, 0.2) is 48.7 Å². The lowest BCUT2D eigenvalue weighted by molar-refractivity contribution is -0.161. The van der Waals surface area contributed by atoms with Gasteiger partial charge in [-0.05, 0) is 55.7 Å². The van der Waals surface area contributed by atoms with Crippen molar-refractivity contribution in [1.29, 1.82) is 0 Å². The molecule has 3 heterocycles. The van der Waals surface area contributed by atoms with Crippen molar-refractivity contribution < 1.29 is 53.3 Å². The number of hydrogen-bond acceptors (Lipinski definition) is 12. The molecule has 0 unspecified atom stereocenters. The maximum Gasteiger partial charge on any atom is 0.333 e. The molecule has 0 bridgehead atoms. The molecule has 5 N–H and O–H groups in total. The van der Waals surface area contributed by atoms with E-state index in [1.54, 1.807) is 51.1 Å². The summed E-state index contributed by atoms with van der Waals surface area (Å²) in [7, 11) is 4.13. The van der Waals surface area contributed by atoms with Crippen molar-refractivity contribution in [2.24, 2.45) is 17.8 Å². The molecular weight excluding hydrogens is 817 g/mol. The zero-order valence-corrected chi connectivity index (χ0v) is 37.6. The van der Waals surface area contributed by atoms with Crippen LogP contribution in [0, 0.1) is 17.8 Å². The van der Waals surface area contributed by atoms with Gasteiger partial charge in [-0.25, -0.2) is 9.78 Å². The largest absolute Gasteiger partial charge is 0.505 e. The molecular formula is C44H62N8O11. The summed E-state index contributed by atoms with van der Waals surface area (Å²) >= 11 is 0. The fraction of sp³-hybridized carbons (Fsp3) is 0.568. The number of rotatable bonds is 7. The normalized spacial score (nSPS) is 27.0. The van der Waals surface area contributed by atoms with E-state index in [9.17, 15) is 48.6 Å². The first-order valence-corrected chi connectivity index (χ1v) is 21.1. The molecule has 1 aromatic carbocycles. The Morgan fingerprint density at radius 3 is 2.13 bits per heavy atom. The number of ether oxygens (including phenoxy) is 1. The minimum Gasteiger partial charge on any atom is -0.505 e. The lowest BCUT2D eigenvalue weighted by Gasteiger charge is -2.37. The Kier molecular flexibility index (Phi) is 16.8. The molecule has 9 atom stereocenters. The van der Waals surface area contributed by atoms with E-state index >= 15 is 0 Å². The summed E-state index contributed by atoms with van der Waals surface area (Å²) in [6.45, 7) is 11.1. The number of nitrogens with zero attached hydrogens (tertiary/aromatic N) is 5. The van der Waals surface area contributed by atoms with Crippen molar-refractivity contribution in [1.82, 2.24) is 40.5 Å². The Bertz CT molecular complexity index is 2020. The van der Waals surface area contributed by atoms with E-state index in [4.69, 9.17) is 4.74 Å². The molecule has 1 aromatic heterocycles. The number of aromatic hydroxyl groups is 1. The quantitative estimate of drug-likeness (QED) is 0.240. The molecule has 2 saturated heterocycles. The zero-order valence-electron chi connectivity index (χ0n) is 37.6. The van der Waals surface area contributed by atoms with Crippen LogP contribution >= 0.6 is 0 Å². The van der Waals surface area contributed by atoms with Gasteiger partial charge in [-0.15, -0.1) is 0 Å². The van der Waals surface area contributed by atoms with Gasteiger partial charge in [-0.2, -0.15) is 0 Å². The molecule has 0 aliphatic carbocycles. The third-order valence-electron chi connectivity index (χ3n) is 11.7. The Morgan fingerprint density at radius 1 is 0.873 bits per heavy atom. The number of benzene rings is 1. The standard InChI is InChI=1S/C44H62N8O11/c1-23(2)19-30-42(60)52-21-29(53)20-31(52)43(61)49(8)22-33(55)50(9)36(25(5)24(3)4)40(58)46-26(6)41(59)51(10)37(28-15-12-11-13-16-28)44(62)63-27(7)34(38(56)47-30)48-39(57)35-32(54)17-14-18-45-35/h11-18,23-27,29-31,34,36-37,53-54H,19-22H2,1-10H3,(H,46,58)(H,47,56)(H,48,57)/t25-,26+,27+,29-,30+,31-,34+,36+,37-/m1/s1. The molecule has 7 amide bonds. The summed E-state index contributed by atoms with van der Waals surface area (Å²) < 4.78 is 5.91. The van der Waals surface area contributed by atoms with Crippen molar-refractivity contribution in [3.8, 4) is 5.75 Å². The molecule has 4 rings (SSSR count). The first-order chi connectivity index (χ1) is 29.5. The minimum atomic E-state index is -1.74. The van der Waals surface area contributed by atoms with E-state index in [2.05, 4.69) is 20.9 Å². The lowest BCUT2D eigenvalue weighted by atomic mass is 9.88. The highest BCUT2D eigenvalue weighted by Crippen LogP contribution is 2.26. The maximum absolute atomic E-state index is 14.5. The average Bonchev–Trinajstić information content (AvgIpc) is 3.62. The summed E-state index contributed by atoms with van der Waals surface area (Å²) in [6, 6.07) is 2.60. The van der Waals surface area contributed by atoms with Crippen LogP contribution in [0.3, 0.4) is 0 Å². The molecule has 0 saturated carbocycles. The monoisotopic (exact) mass is 878 g/mol. The third-order valence-corrected chi connectivity index (χ3v) is 11.7. The van der Waals surface area contributed by atoms with Crippen molar-refractivity contribution in [3.05, 3.63) is 59.9 Å². The van der Waals surface area contributed by atoms with E-state index in [-0.39, 0.29) is 31.2 Å². The van der Waals surface area contributed by atoms with Gasteiger partial charge < -0.3 is 50.5 Å². The molecule has 2 aliphatic rings. The van der Waals surface area contributed by atoms with Gasteiger partial charge in [0.15, 0.2) is 11.7 Å². The number of pyridine rings is 1. The second-order valence-corrected chi connectivity index (χ2v) is 17.3. The van der Waals surface area contributed by atoms with Crippen LogP contribution in [-0.4, -0.2) is 159 Å². The van der Waals surface area contributed by atoms with Crippen molar-refractivity contribution >= 4 is 47.3 Å².